The Hall–Kier alpha value is -2.17. The highest BCUT2D eigenvalue weighted by molar-refractivity contribution is 5.38. The maximum atomic E-state index is 12.2. The first-order chi connectivity index (χ1) is 6.86. The van der Waals surface area contributed by atoms with Crippen LogP contribution < -0.4 is 0 Å². The zero-order valence-corrected chi connectivity index (χ0v) is 6.95. The molecule has 5 nitrogen and oxygen atoms in total. The van der Waals surface area contributed by atoms with Gasteiger partial charge in [-0.1, -0.05) is 0 Å². The van der Waals surface area contributed by atoms with Crippen LogP contribution in [0.4, 0.5) is 19.0 Å². The van der Waals surface area contributed by atoms with E-state index in [9.17, 15) is 23.3 Å². The van der Waals surface area contributed by atoms with Crippen molar-refractivity contribution >= 4 is 5.82 Å². The smallest absolute Gasteiger partial charge is 0.358 e. The fraction of sp³-hybridized carbons (Fsp3) is 0.143. The van der Waals surface area contributed by atoms with Crippen molar-refractivity contribution in [3.63, 3.8) is 0 Å². The molecule has 1 heterocycles. The van der Waals surface area contributed by atoms with E-state index in [4.69, 9.17) is 5.26 Å². The molecule has 0 unspecified atom stereocenters. The van der Waals surface area contributed by atoms with E-state index in [0.717, 1.165) is 6.07 Å². The molecule has 1 rings (SSSR count). The summed E-state index contributed by atoms with van der Waals surface area (Å²) in [5.41, 5.74) is -2.28. The topological polar surface area (TPSA) is 79.8 Å². The lowest BCUT2D eigenvalue weighted by molar-refractivity contribution is -0.389. The molecule has 15 heavy (non-hydrogen) atoms. The first-order valence-electron chi connectivity index (χ1n) is 3.49. The van der Waals surface area contributed by atoms with E-state index in [-0.39, 0.29) is 0 Å². The van der Waals surface area contributed by atoms with Gasteiger partial charge in [-0.3, -0.25) is 0 Å². The summed E-state index contributed by atoms with van der Waals surface area (Å²) >= 11 is 0. The number of halogens is 3. The highest BCUT2D eigenvalue weighted by Gasteiger charge is 2.37. The summed E-state index contributed by atoms with van der Waals surface area (Å²) in [7, 11) is 0. The van der Waals surface area contributed by atoms with Crippen molar-refractivity contribution in [2.45, 2.75) is 6.18 Å². The third-order valence-electron chi connectivity index (χ3n) is 1.48. The molecule has 0 aliphatic heterocycles. The monoisotopic (exact) mass is 217 g/mol. The van der Waals surface area contributed by atoms with Crippen LogP contribution >= 0.6 is 0 Å². The zero-order valence-electron chi connectivity index (χ0n) is 6.95. The van der Waals surface area contributed by atoms with Crippen LogP contribution in [0.3, 0.4) is 0 Å². The second-order valence-electron chi connectivity index (χ2n) is 2.43. The number of nitro groups is 1. The lowest BCUT2D eigenvalue weighted by Gasteiger charge is -2.04. The van der Waals surface area contributed by atoms with Gasteiger partial charge in [-0.2, -0.15) is 18.4 Å². The van der Waals surface area contributed by atoms with E-state index in [2.05, 4.69) is 4.98 Å². The van der Waals surface area contributed by atoms with Crippen LogP contribution in [-0.2, 0) is 6.18 Å². The number of nitrogens with zero attached hydrogens (tertiary/aromatic N) is 3. The molecule has 1 aromatic heterocycles. The van der Waals surface area contributed by atoms with E-state index in [0.29, 0.717) is 12.1 Å². The number of hydrogen-bond donors (Lipinski definition) is 0. The van der Waals surface area contributed by atoms with Crippen molar-refractivity contribution in [2.24, 2.45) is 0 Å². The van der Waals surface area contributed by atoms with Gasteiger partial charge in [0.05, 0.1) is 0 Å². The van der Waals surface area contributed by atoms with Gasteiger partial charge in [0.25, 0.3) is 5.69 Å². The van der Waals surface area contributed by atoms with E-state index < -0.39 is 28.2 Å². The standard InChI is InChI=1S/C7H2F3N3O2/c8-7(9,10)4-1-2-6(13(14)15)12-5(4)3-11/h1-2H. The van der Waals surface area contributed by atoms with Crippen molar-refractivity contribution in [2.75, 3.05) is 0 Å². The van der Waals surface area contributed by atoms with Crippen LogP contribution in [0, 0.1) is 21.4 Å². The predicted molar refractivity (Wildman–Crippen MR) is 40.6 cm³/mol. The Balaban J connectivity index is 3.36. The minimum Gasteiger partial charge on any atom is -0.358 e. The molecule has 0 atom stereocenters. The number of alkyl halides is 3. The maximum Gasteiger partial charge on any atom is 0.421 e. The summed E-state index contributed by atoms with van der Waals surface area (Å²) < 4.78 is 36.6. The van der Waals surface area contributed by atoms with E-state index in [1.165, 1.54) is 0 Å². The molecular weight excluding hydrogens is 215 g/mol. The van der Waals surface area contributed by atoms with Crippen molar-refractivity contribution in [1.82, 2.24) is 4.98 Å². The molecule has 0 N–H and O–H groups in total. The number of hydrogen-bond acceptors (Lipinski definition) is 4. The van der Waals surface area contributed by atoms with E-state index in [1.54, 1.807) is 0 Å². The van der Waals surface area contributed by atoms with Gasteiger partial charge >= 0.3 is 12.0 Å². The highest BCUT2D eigenvalue weighted by atomic mass is 19.4. The normalized spacial score (nSPS) is 10.8. The molecular formula is C7H2F3N3O2. The second kappa shape index (κ2) is 3.53. The third kappa shape index (κ3) is 2.19. The van der Waals surface area contributed by atoms with Crippen LogP contribution in [0.5, 0.6) is 0 Å². The quantitative estimate of drug-likeness (QED) is 0.531. The Bertz CT molecular complexity index is 450. The summed E-state index contributed by atoms with van der Waals surface area (Å²) in [6.45, 7) is 0. The predicted octanol–water partition coefficient (Wildman–Crippen LogP) is 1.88. The molecule has 78 valence electrons. The minimum atomic E-state index is -4.74. The van der Waals surface area contributed by atoms with Crippen molar-refractivity contribution in [1.29, 1.82) is 5.26 Å². The number of aromatic nitrogens is 1. The van der Waals surface area contributed by atoms with Crippen LogP contribution in [-0.4, -0.2) is 9.91 Å². The number of nitriles is 1. The van der Waals surface area contributed by atoms with Gasteiger partial charge < -0.3 is 10.1 Å². The molecule has 0 fully saturated rings. The first kappa shape index (κ1) is 10.9. The molecule has 0 spiro atoms. The van der Waals surface area contributed by atoms with Gasteiger partial charge in [-0.15, -0.1) is 0 Å². The molecule has 0 aliphatic carbocycles. The fourth-order valence-corrected chi connectivity index (χ4v) is 0.865. The Kier molecular flexibility index (Phi) is 2.57. The van der Waals surface area contributed by atoms with Gasteiger partial charge in [0.15, 0.2) is 0 Å². The summed E-state index contributed by atoms with van der Waals surface area (Å²) in [5.74, 6) is -0.792. The Morgan fingerprint density at radius 1 is 1.47 bits per heavy atom. The molecule has 1 aromatic rings. The number of rotatable bonds is 1. The Morgan fingerprint density at radius 3 is 2.47 bits per heavy atom. The third-order valence-corrected chi connectivity index (χ3v) is 1.48. The van der Waals surface area contributed by atoms with Crippen molar-refractivity contribution in [3.05, 3.63) is 33.5 Å². The SMILES string of the molecule is N#Cc1nc([N+](=O)[O-])ccc1C(F)(F)F. The van der Waals surface area contributed by atoms with Crippen LogP contribution in [0.15, 0.2) is 12.1 Å². The Labute approximate surface area is 80.9 Å². The average molecular weight is 217 g/mol. The number of pyridine rings is 1. The molecule has 0 saturated carbocycles. The summed E-state index contributed by atoms with van der Waals surface area (Å²) in [6, 6.07) is 2.22. The Morgan fingerprint density at radius 2 is 2.07 bits per heavy atom. The first-order valence-corrected chi connectivity index (χ1v) is 3.49. The largest absolute Gasteiger partial charge is 0.421 e. The molecule has 0 bridgehead atoms. The van der Waals surface area contributed by atoms with Crippen LogP contribution in [0.2, 0.25) is 0 Å². The maximum absolute atomic E-state index is 12.2. The van der Waals surface area contributed by atoms with Crippen LogP contribution in [0.25, 0.3) is 0 Å². The summed E-state index contributed by atoms with van der Waals surface area (Å²) in [6.07, 6.45) is -4.74. The average Bonchev–Trinajstić information content (AvgIpc) is 2.15. The molecule has 0 aliphatic rings. The minimum absolute atomic E-state index is 0.462. The van der Waals surface area contributed by atoms with Crippen molar-refractivity contribution < 1.29 is 18.1 Å². The summed E-state index contributed by atoms with van der Waals surface area (Å²) in [5, 5.41) is 18.5. The van der Waals surface area contributed by atoms with Gasteiger partial charge in [0, 0.05) is 6.07 Å². The van der Waals surface area contributed by atoms with Gasteiger partial charge in [-0.05, 0) is 16.0 Å². The molecule has 0 aromatic carbocycles. The fourth-order valence-electron chi connectivity index (χ4n) is 0.865. The van der Waals surface area contributed by atoms with E-state index in [1.807, 2.05) is 0 Å². The lowest BCUT2D eigenvalue weighted by Crippen LogP contribution is -2.10. The van der Waals surface area contributed by atoms with Crippen molar-refractivity contribution in [3.8, 4) is 6.07 Å². The van der Waals surface area contributed by atoms with Gasteiger partial charge in [0.1, 0.15) is 11.6 Å². The highest BCUT2D eigenvalue weighted by Crippen LogP contribution is 2.31. The molecule has 8 heteroatoms. The van der Waals surface area contributed by atoms with E-state index >= 15 is 0 Å². The van der Waals surface area contributed by atoms with Gasteiger partial charge in [-0.25, -0.2) is 0 Å². The van der Waals surface area contributed by atoms with Gasteiger partial charge in [0.2, 0.25) is 0 Å². The molecule has 0 saturated heterocycles. The molecule has 0 amide bonds. The van der Waals surface area contributed by atoms with Crippen LogP contribution in [0.1, 0.15) is 11.3 Å². The summed E-state index contributed by atoms with van der Waals surface area (Å²) in [4.78, 5) is 12.2. The molecule has 0 radical (unpaired) electrons. The second-order valence-corrected chi connectivity index (χ2v) is 2.43. The zero-order chi connectivity index (χ0) is 11.6. The lowest BCUT2D eigenvalue weighted by atomic mass is 10.2.